The number of hydrogen-bond donors (Lipinski definition) is 0. The molecule has 0 radical (unpaired) electrons. The minimum atomic E-state index is -0.408. The van der Waals surface area contributed by atoms with Crippen LogP contribution in [-0.4, -0.2) is 11.6 Å². The van der Waals surface area contributed by atoms with E-state index in [2.05, 4.69) is 6.92 Å². The van der Waals surface area contributed by atoms with Gasteiger partial charge in [0.2, 0.25) is 0 Å². The molecule has 0 N–H and O–H groups in total. The van der Waals surface area contributed by atoms with Gasteiger partial charge in [-0.2, -0.15) is 0 Å². The molecular formula is C15H22O3. The maximum atomic E-state index is 11.6. The highest BCUT2D eigenvalue weighted by Gasteiger charge is 2.36. The van der Waals surface area contributed by atoms with E-state index >= 15 is 0 Å². The molecule has 0 aromatic carbocycles. The summed E-state index contributed by atoms with van der Waals surface area (Å²) in [7, 11) is 0. The molecule has 0 aliphatic heterocycles. The van der Waals surface area contributed by atoms with E-state index in [0.717, 1.165) is 17.4 Å². The molecule has 18 heavy (non-hydrogen) atoms. The van der Waals surface area contributed by atoms with Crippen LogP contribution in [0, 0.1) is 5.92 Å². The molecule has 2 atom stereocenters. The Morgan fingerprint density at radius 2 is 2.11 bits per heavy atom. The van der Waals surface area contributed by atoms with Crippen molar-refractivity contribution in [3.05, 3.63) is 23.7 Å². The van der Waals surface area contributed by atoms with Crippen molar-refractivity contribution in [3.63, 3.8) is 0 Å². The summed E-state index contributed by atoms with van der Waals surface area (Å²) < 4.78 is 11.0. The lowest BCUT2D eigenvalue weighted by atomic mass is 10.2. The highest BCUT2D eigenvalue weighted by atomic mass is 16.6. The first kappa shape index (κ1) is 13.2. The predicted octanol–water partition coefficient (Wildman–Crippen LogP) is 3.68. The van der Waals surface area contributed by atoms with Crippen LogP contribution in [0.1, 0.15) is 58.0 Å². The zero-order valence-corrected chi connectivity index (χ0v) is 11.7. The fourth-order valence-electron chi connectivity index (χ4n) is 2.06. The molecule has 0 saturated heterocycles. The Morgan fingerprint density at radius 3 is 2.67 bits per heavy atom. The number of aryl methyl sites for hydroxylation is 1. The van der Waals surface area contributed by atoms with Crippen molar-refractivity contribution < 1.29 is 13.9 Å². The average molecular weight is 250 g/mol. The van der Waals surface area contributed by atoms with Crippen LogP contribution in [0.25, 0.3) is 0 Å². The van der Waals surface area contributed by atoms with Gasteiger partial charge in [0.1, 0.15) is 17.1 Å². The van der Waals surface area contributed by atoms with Crippen molar-refractivity contribution in [3.8, 4) is 0 Å². The molecule has 1 heterocycles. The average Bonchev–Trinajstić information content (AvgIpc) is 2.77. The molecule has 0 bridgehead atoms. The standard InChI is InChI=1S/C15H22O3/c1-10-9-12(10)13-7-5-11(17-13)6-8-14(16)18-15(2,3)4/h5,7,10,12H,6,8-9H2,1-4H3. The van der Waals surface area contributed by atoms with Gasteiger partial charge in [-0.05, 0) is 45.2 Å². The first-order valence-corrected chi connectivity index (χ1v) is 6.65. The number of furan rings is 1. The lowest BCUT2D eigenvalue weighted by Gasteiger charge is -2.19. The Labute approximate surface area is 109 Å². The highest BCUT2D eigenvalue weighted by molar-refractivity contribution is 5.70. The van der Waals surface area contributed by atoms with Gasteiger partial charge in [0, 0.05) is 12.3 Å². The normalized spacial score (nSPS) is 22.9. The van der Waals surface area contributed by atoms with E-state index in [1.165, 1.54) is 6.42 Å². The Morgan fingerprint density at radius 1 is 1.44 bits per heavy atom. The number of ether oxygens (including phenoxy) is 1. The van der Waals surface area contributed by atoms with Crippen molar-refractivity contribution in [1.29, 1.82) is 0 Å². The summed E-state index contributed by atoms with van der Waals surface area (Å²) in [6.07, 6.45) is 2.22. The predicted molar refractivity (Wildman–Crippen MR) is 69.4 cm³/mol. The Hall–Kier alpha value is -1.25. The third-order valence-electron chi connectivity index (χ3n) is 3.15. The molecule has 3 nitrogen and oxygen atoms in total. The molecular weight excluding hydrogens is 228 g/mol. The zero-order valence-electron chi connectivity index (χ0n) is 11.7. The number of carbonyl (C=O) groups excluding carboxylic acids is 1. The van der Waals surface area contributed by atoms with Gasteiger partial charge in [0.25, 0.3) is 0 Å². The SMILES string of the molecule is CC1CC1c1ccc(CCC(=O)OC(C)(C)C)o1. The van der Waals surface area contributed by atoms with E-state index in [-0.39, 0.29) is 5.97 Å². The van der Waals surface area contributed by atoms with E-state index in [9.17, 15) is 4.79 Å². The van der Waals surface area contributed by atoms with Crippen LogP contribution < -0.4 is 0 Å². The van der Waals surface area contributed by atoms with Crippen molar-refractivity contribution in [2.24, 2.45) is 5.92 Å². The second kappa shape index (κ2) is 4.79. The van der Waals surface area contributed by atoms with E-state index in [1.54, 1.807) is 0 Å². The molecule has 1 aliphatic rings. The maximum Gasteiger partial charge on any atom is 0.306 e. The van der Waals surface area contributed by atoms with Gasteiger partial charge in [-0.3, -0.25) is 4.79 Å². The molecule has 1 aromatic rings. The van der Waals surface area contributed by atoms with Crippen LogP contribution >= 0.6 is 0 Å². The molecule has 1 aromatic heterocycles. The number of hydrogen-bond acceptors (Lipinski definition) is 3. The van der Waals surface area contributed by atoms with Gasteiger partial charge in [0.05, 0.1) is 6.42 Å². The summed E-state index contributed by atoms with van der Waals surface area (Å²) in [6, 6.07) is 4.02. The van der Waals surface area contributed by atoms with E-state index in [0.29, 0.717) is 18.8 Å². The van der Waals surface area contributed by atoms with Gasteiger partial charge in [0.15, 0.2) is 0 Å². The second-order valence-electron chi connectivity index (χ2n) is 6.21. The van der Waals surface area contributed by atoms with E-state index in [4.69, 9.17) is 9.15 Å². The first-order chi connectivity index (χ1) is 8.35. The van der Waals surface area contributed by atoms with Gasteiger partial charge in [-0.1, -0.05) is 6.92 Å². The molecule has 100 valence electrons. The van der Waals surface area contributed by atoms with Crippen LogP contribution in [0.5, 0.6) is 0 Å². The lowest BCUT2D eigenvalue weighted by molar-refractivity contribution is -0.154. The molecule has 3 heteroatoms. The minimum Gasteiger partial charge on any atom is -0.466 e. The molecule has 1 fully saturated rings. The monoisotopic (exact) mass is 250 g/mol. The summed E-state index contributed by atoms with van der Waals surface area (Å²) in [5.74, 6) is 3.13. The van der Waals surface area contributed by atoms with Crippen molar-refractivity contribution in [2.75, 3.05) is 0 Å². The molecule has 1 aliphatic carbocycles. The summed E-state index contributed by atoms with van der Waals surface area (Å²) >= 11 is 0. The van der Waals surface area contributed by atoms with Crippen molar-refractivity contribution in [2.45, 2.75) is 58.5 Å². The maximum absolute atomic E-state index is 11.6. The third kappa shape index (κ3) is 3.62. The van der Waals surface area contributed by atoms with Crippen LogP contribution in [0.15, 0.2) is 16.5 Å². The molecule has 2 rings (SSSR count). The van der Waals surface area contributed by atoms with Crippen LogP contribution in [0.4, 0.5) is 0 Å². The zero-order chi connectivity index (χ0) is 13.3. The lowest BCUT2D eigenvalue weighted by Crippen LogP contribution is -2.23. The smallest absolute Gasteiger partial charge is 0.306 e. The molecule has 0 spiro atoms. The first-order valence-electron chi connectivity index (χ1n) is 6.65. The van der Waals surface area contributed by atoms with Gasteiger partial charge in [-0.15, -0.1) is 0 Å². The van der Waals surface area contributed by atoms with Crippen LogP contribution in [0.2, 0.25) is 0 Å². The summed E-state index contributed by atoms with van der Waals surface area (Å²) in [5, 5.41) is 0. The fourth-order valence-corrected chi connectivity index (χ4v) is 2.06. The van der Waals surface area contributed by atoms with Crippen LogP contribution in [-0.2, 0) is 16.0 Å². The minimum absolute atomic E-state index is 0.166. The van der Waals surface area contributed by atoms with Gasteiger partial charge in [-0.25, -0.2) is 0 Å². The third-order valence-corrected chi connectivity index (χ3v) is 3.15. The Kier molecular flexibility index (Phi) is 3.51. The topological polar surface area (TPSA) is 39.4 Å². The fraction of sp³-hybridized carbons (Fsp3) is 0.667. The summed E-state index contributed by atoms with van der Waals surface area (Å²) in [6.45, 7) is 7.87. The van der Waals surface area contributed by atoms with Crippen molar-refractivity contribution >= 4 is 5.97 Å². The second-order valence-corrected chi connectivity index (χ2v) is 6.21. The van der Waals surface area contributed by atoms with E-state index in [1.807, 2.05) is 32.9 Å². The quantitative estimate of drug-likeness (QED) is 0.765. The van der Waals surface area contributed by atoms with Crippen LogP contribution in [0.3, 0.4) is 0 Å². The Bertz CT molecular complexity index is 425. The number of rotatable bonds is 4. The number of carbonyl (C=O) groups is 1. The summed E-state index contributed by atoms with van der Waals surface area (Å²) in [5.41, 5.74) is -0.408. The van der Waals surface area contributed by atoms with Gasteiger partial charge < -0.3 is 9.15 Å². The van der Waals surface area contributed by atoms with Crippen molar-refractivity contribution in [1.82, 2.24) is 0 Å². The van der Waals surface area contributed by atoms with E-state index < -0.39 is 5.60 Å². The van der Waals surface area contributed by atoms with Gasteiger partial charge >= 0.3 is 5.97 Å². The highest BCUT2D eigenvalue weighted by Crippen LogP contribution is 2.47. The Balaban J connectivity index is 1.80. The molecule has 1 saturated carbocycles. The molecule has 2 unspecified atom stereocenters. The summed E-state index contributed by atoms with van der Waals surface area (Å²) in [4.78, 5) is 11.6. The largest absolute Gasteiger partial charge is 0.466 e. The molecule has 0 amide bonds. The number of esters is 1.